The molecule has 5 heteroatoms. The summed E-state index contributed by atoms with van der Waals surface area (Å²) in [5, 5.41) is 0. The second-order valence-corrected chi connectivity index (χ2v) is 11.0. The van der Waals surface area contributed by atoms with Crippen molar-refractivity contribution in [3.63, 3.8) is 0 Å². The Labute approximate surface area is 194 Å². The van der Waals surface area contributed by atoms with Crippen LogP contribution in [0.5, 0.6) is 0 Å². The Hall–Kier alpha value is -2.95. The van der Waals surface area contributed by atoms with Crippen LogP contribution in [0, 0.1) is 29.4 Å². The van der Waals surface area contributed by atoms with Crippen molar-refractivity contribution in [1.29, 1.82) is 0 Å². The summed E-state index contributed by atoms with van der Waals surface area (Å²) >= 11 is 0. The summed E-state index contributed by atoms with van der Waals surface area (Å²) in [4.78, 5) is 15.9. The van der Waals surface area contributed by atoms with Gasteiger partial charge in [-0.1, -0.05) is 51.1 Å². The highest BCUT2D eigenvalue weighted by Gasteiger charge is 2.51. The minimum Gasteiger partial charge on any atom is -0.335 e. The Balaban J connectivity index is 1.62. The van der Waals surface area contributed by atoms with Gasteiger partial charge in [-0.2, -0.15) is 0 Å². The molecule has 2 unspecified atom stereocenters. The van der Waals surface area contributed by atoms with Crippen LogP contribution in [-0.4, -0.2) is 28.0 Å². The Morgan fingerprint density at radius 3 is 2.42 bits per heavy atom. The number of carbonyl (C=O) groups excluding carboxylic acids is 1. The quantitative estimate of drug-likeness (QED) is 0.434. The molecule has 172 valence electrons. The Bertz CT molecular complexity index is 1230. The molecule has 2 aliphatic rings. The number of hydrogen-bond acceptors (Lipinski definition) is 1. The van der Waals surface area contributed by atoms with Crippen LogP contribution < -0.4 is 0 Å². The molecule has 0 spiro atoms. The normalized spacial score (nSPS) is 23.7. The van der Waals surface area contributed by atoms with E-state index >= 15 is 0 Å². The van der Waals surface area contributed by atoms with Gasteiger partial charge >= 0.3 is 0 Å². The lowest BCUT2D eigenvalue weighted by atomic mass is 9.65. The fourth-order valence-corrected chi connectivity index (χ4v) is 6.47. The van der Waals surface area contributed by atoms with Crippen molar-refractivity contribution >= 4 is 5.91 Å². The van der Waals surface area contributed by atoms with E-state index in [2.05, 4.69) is 20.8 Å². The van der Waals surface area contributed by atoms with E-state index in [1.165, 1.54) is 12.1 Å². The number of carbonyl (C=O) groups is 1. The molecule has 1 aromatic heterocycles. The first kappa shape index (κ1) is 21.9. The number of amides is 1. The van der Waals surface area contributed by atoms with Crippen molar-refractivity contribution in [2.75, 3.05) is 6.54 Å². The van der Waals surface area contributed by atoms with Crippen LogP contribution in [0.4, 0.5) is 8.78 Å². The summed E-state index contributed by atoms with van der Waals surface area (Å²) in [6, 6.07) is 15.3. The summed E-state index contributed by atoms with van der Waals surface area (Å²) in [5.41, 5.74) is 3.40. The minimum atomic E-state index is -0.656. The molecule has 0 N–H and O–H groups in total. The molecule has 3 aromatic rings. The van der Waals surface area contributed by atoms with E-state index in [1.807, 2.05) is 48.2 Å². The minimum absolute atomic E-state index is 0.00243. The van der Waals surface area contributed by atoms with Crippen LogP contribution >= 0.6 is 0 Å². The molecule has 2 atom stereocenters. The number of nitrogens with zero attached hydrogens (tertiary/aromatic N) is 2. The molecule has 1 aliphatic carbocycles. The van der Waals surface area contributed by atoms with Crippen molar-refractivity contribution in [3.8, 4) is 16.9 Å². The van der Waals surface area contributed by atoms with Gasteiger partial charge in [0, 0.05) is 24.3 Å². The summed E-state index contributed by atoms with van der Waals surface area (Å²) in [5.74, 6) is -1.28. The highest BCUT2D eigenvalue weighted by molar-refractivity contribution is 5.98. The van der Waals surface area contributed by atoms with E-state index in [-0.39, 0.29) is 28.5 Å². The van der Waals surface area contributed by atoms with Crippen LogP contribution in [-0.2, 0) is 0 Å². The van der Waals surface area contributed by atoms with Crippen LogP contribution in [0.1, 0.15) is 56.1 Å². The maximum absolute atomic E-state index is 14.9. The van der Waals surface area contributed by atoms with Crippen LogP contribution in [0.2, 0.25) is 0 Å². The van der Waals surface area contributed by atoms with E-state index in [0.717, 1.165) is 43.1 Å². The predicted octanol–water partition coefficient (Wildman–Crippen LogP) is 6.77. The summed E-state index contributed by atoms with van der Waals surface area (Å²) < 4.78 is 30.3. The molecular weight excluding hydrogens is 418 g/mol. The average Bonchev–Trinajstić information content (AvgIpc) is 3.21. The van der Waals surface area contributed by atoms with E-state index in [9.17, 15) is 13.6 Å². The zero-order valence-corrected chi connectivity index (χ0v) is 19.7. The number of hydrogen-bond donors (Lipinski definition) is 0. The maximum Gasteiger partial charge on any atom is 0.255 e. The van der Waals surface area contributed by atoms with Crippen molar-refractivity contribution in [2.45, 2.75) is 53.0 Å². The van der Waals surface area contributed by atoms with Gasteiger partial charge < -0.3 is 9.47 Å². The lowest BCUT2D eigenvalue weighted by Gasteiger charge is -2.39. The van der Waals surface area contributed by atoms with Gasteiger partial charge in [-0.15, -0.1) is 0 Å². The molecule has 2 fully saturated rings. The molecule has 1 aliphatic heterocycles. The van der Waals surface area contributed by atoms with Gasteiger partial charge in [-0.05, 0) is 60.8 Å². The molecule has 3 nitrogen and oxygen atoms in total. The Kier molecular flexibility index (Phi) is 5.00. The van der Waals surface area contributed by atoms with Gasteiger partial charge in [0.2, 0.25) is 0 Å². The molecule has 1 saturated carbocycles. The van der Waals surface area contributed by atoms with Crippen molar-refractivity contribution in [2.24, 2.45) is 10.8 Å². The number of benzene rings is 2. The second-order valence-electron chi connectivity index (χ2n) is 11.0. The second kappa shape index (κ2) is 7.54. The van der Waals surface area contributed by atoms with Crippen LogP contribution in [0.3, 0.4) is 0 Å². The number of halogens is 2. The fourth-order valence-electron chi connectivity index (χ4n) is 6.47. The van der Waals surface area contributed by atoms with Crippen molar-refractivity contribution in [3.05, 3.63) is 77.5 Å². The van der Waals surface area contributed by atoms with Crippen LogP contribution in [0.25, 0.3) is 16.9 Å². The lowest BCUT2D eigenvalue weighted by molar-refractivity contribution is 0.0707. The molecule has 2 aromatic carbocycles. The monoisotopic (exact) mass is 448 g/mol. The van der Waals surface area contributed by atoms with E-state index in [4.69, 9.17) is 0 Å². The summed E-state index contributed by atoms with van der Waals surface area (Å²) in [6.45, 7) is 9.46. The first-order valence-corrected chi connectivity index (χ1v) is 11.6. The smallest absolute Gasteiger partial charge is 0.255 e. The molecule has 5 rings (SSSR count). The molecule has 2 heterocycles. The van der Waals surface area contributed by atoms with Crippen LogP contribution in [0.15, 0.2) is 54.6 Å². The first-order chi connectivity index (χ1) is 15.6. The average molecular weight is 449 g/mol. The predicted molar refractivity (Wildman–Crippen MR) is 126 cm³/mol. The van der Waals surface area contributed by atoms with Gasteiger partial charge in [0.25, 0.3) is 5.91 Å². The van der Waals surface area contributed by atoms with Gasteiger partial charge in [-0.25, -0.2) is 8.78 Å². The van der Waals surface area contributed by atoms with E-state index in [1.54, 1.807) is 4.57 Å². The van der Waals surface area contributed by atoms with Gasteiger partial charge in [-0.3, -0.25) is 4.79 Å². The molecular formula is C28H30F2N2O. The molecule has 1 saturated heterocycles. The molecule has 1 amide bonds. The number of rotatable bonds is 3. The van der Waals surface area contributed by atoms with E-state index in [0.29, 0.717) is 11.3 Å². The third kappa shape index (κ3) is 3.77. The highest BCUT2D eigenvalue weighted by Crippen LogP contribution is 2.53. The van der Waals surface area contributed by atoms with Gasteiger partial charge in [0.05, 0.1) is 16.9 Å². The zero-order valence-electron chi connectivity index (χ0n) is 19.7. The fraction of sp³-hybridized carbons (Fsp3) is 0.393. The van der Waals surface area contributed by atoms with Crippen molar-refractivity contribution in [1.82, 2.24) is 9.47 Å². The topological polar surface area (TPSA) is 25.2 Å². The van der Waals surface area contributed by atoms with Gasteiger partial charge in [0.1, 0.15) is 11.6 Å². The first-order valence-electron chi connectivity index (χ1n) is 11.6. The SMILES string of the molecule is Cc1c(C(=O)N2CC3(C)CC2CC(C)(C)C3)cc(-c2ccccc2)n1-c1ccc(F)cc1F. The molecule has 33 heavy (non-hydrogen) atoms. The maximum atomic E-state index is 14.9. The Morgan fingerprint density at radius 1 is 1.00 bits per heavy atom. The Morgan fingerprint density at radius 2 is 1.73 bits per heavy atom. The largest absolute Gasteiger partial charge is 0.335 e. The summed E-state index contributed by atoms with van der Waals surface area (Å²) in [7, 11) is 0. The number of aromatic nitrogens is 1. The number of fused-ring (bicyclic) bond motifs is 2. The van der Waals surface area contributed by atoms with Gasteiger partial charge in [0.15, 0.2) is 0 Å². The molecule has 0 radical (unpaired) electrons. The number of likely N-dealkylation sites (tertiary alicyclic amines) is 1. The van der Waals surface area contributed by atoms with Crippen molar-refractivity contribution < 1.29 is 13.6 Å². The zero-order chi connectivity index (χ0) is 23.5. The lowest BCUT2D eigenvalue weighted by Crippen LogP contribution is -2.37. The van der Waals surface area contributed by atoms with E-state index < -0.39 is 11.6 Å². The third-order valence-electron chi connectivity index (χ3n) is 7.37. The molecule has 2 bridgehead atoms. The third-order valence-corrected chi connectivity index (χ3v) is 7.37. The summed E-state index contributed by atoms with van der Waals surface area (Å²) in [6.07, 6.45) is 3.13. The standard InChI is InChI=1S/C28H30F2N2O/c1-18-22(26(33)31-17-28(4)15-21(31)14-27(2,3)16-28)13-25(19-8-6-5-7-9-19)32(18)24-11-10-20(29)12-23(24)30/h5-13,21H,14-17H2,1-4H3. The highest BCUT2D eigenvalue weighted by atomic mass is 19.1.